The minimum atomic E-state index is -0.919. The summed E-state index contributed by atoms with van der Waals surface area (Å²) in [6.45, 7) is 2.53. The van der Waals surface area contributed by atoms with E-state index in [0.29, 0.717) is 17.8 Å². The summed E-state index contributed by atoms with van der Waals surface area (Å²) < 4.78 is 15.4. The lowest BCUT2D eigenvalue weighted by atomic mass is 10.1. The van der Waals surface area contributed by atoms with Crippen LogP contribution in [0.3, 0.4) is 0 Å². The molecule has 5 rings (SSSR count). The fraction of sp³-hybridized carbons (Fsp3) is 0.588. The Kier molecular flexibility index (Phi) is 4.91. The zero-order valence-corrected chi connectivity index (χ0v) is 17.0. The second kappa shape index (κ2) is 7.44. The third-order valence-electron chi connectivity index (χ3n) is 5.40. The molecule has 0 spiro atoms. The summed E-state index contributed by atoms with van der Waals surface area (Å²) >= 11 is 12.0. The Hall–Kier alpha value is -1.85. The number of aromatic nitrogens is 7. The SMILES string of the molecule is CCCCc1cn([C@H]2CO[C@@H]3[C@@H](O)[C@H](n4cnc5c(Cl)nc(Cl)nc54)O[C@@H]32)nn1. The molecule has 2 aliphatic heterocycles. The van der Waals surface area contributed by atoms with Gasteiger partial charge in [0.05, 0.1) is 18.6 Å². The number of aliphatic hydroxyl groups is 1. The van der Waals surface area contributed by atoms with Gasteiger partial charge >= 0.3 is 0 Å². The first-order chi connectivity index (χ1) is 14.1. The molecular weight excluding hydrogens is 421 g/mol. The Bertz CT molecular complexity index is 1040. The summed E-state index contributed by atoms with van der Waals surface area (Å²) in [5.74, 6) is 0. The molecule has 0 bridgehead atoms. The van der Waals surface area contributed by atoms with Crippen molar-refractivity contribution in [2.45, 2.75) is 56.8 Å². The largest absolute Gasteiger partial charge is 0.386 e. The third kappa shape index (κ3) is 3.19. The van der Waals surface area contributed by atoms with Crippen LogP contribution in [0.2, 0.25) is 10.4 Å². The average Bonchev–Trinajstić information content (AvgIpc) is 3.44. The molecule has 0 aromatic carbocycles. The number of fused-ring (bicyclic) bond motifs is 2. The number of hydrogen-bond donors (Lipinski definition) is 1. The molecule has 1 N–H and O–H groups in total. The predicted molar refractivity (Wildman–Crippen MR) is 103 cm³/mol. The zero-order valence-electron chi connectivity index (χ0n) is 15.5. The lowest BCUT2D eigenvalue weighted by Gasteiger charge is -2.20. The lowest BCUT2D eigenvalue weighted by Crippen LogP contribution is -2.31. The molecule has 0 radical (unpaired) electrons. The molecule has 0 amide bonds. The third-order valence-corrected chi connectivity index (χ3v) is 5.83. The monoisotopic (exact) mass is 439 g/mol. The van der Waals surface area contributed by atoms with Crippen molar-refractivity contribution in [3.63, 3.8) is 0 Å². The van der Waals surface area contributed by atoms with E-state index in [2.05, 4.69) is 32.2 Å². The van der Waals surface area contributed by atoms with E-state index >= 15 is 0 Å². The number of aliphatic hydroxyl groups excluding tert-OH is 1. The van der Waals surface area contributed by atoms with Gasteiger partial charge in [-0.3, -0.25) is 4.57 Å². The number of halogens is 2. The predicted octanol–water partition coefficient (Wildman–Crippen LogP) is 1.97. The molecule has 12 heteroatoms. The maximum atomic E-state index is 10.9. The highest BCUT2D eigenvalue weighted by Gasteiger charge is 2.54. The van der Waals surface area contributed by atoms with E-state index in [1.165, 1.54) is 6.33 Å². The number of unbranched alkanes of at least 4 members (excludes halogenated alkanes) is 1. The van der Waals surface area contributed by atoms with Gasteiger partial charge in [-0.05, 0) is 24.4 Å². The van der Waals surface area contributed by atoms with Crippen LogP contribution in [-0.4, -0.2) is 64.5 Å². The molecule has 2 saturated heterocycles. The molecule has 5 atom stereocenters. The Morgan fingerprint density at radius 1 is 1.28 bits per heavy atom. The molecule has 29 heavy (non-hydrogen) atoms. The van der Waals surface area contributed by atoms with Crippen LogP contribution < -0.4 is 0 Å². The molecule has 3 aromatic heterocycles. The number of rotatable bonds is 5. The number of aryl methyl sites for hydroxylation is 1. The van der Waals surface area contributed by atoms with Crippen LogP contribution in [0.5, 0.6) is 0 Å². The van der Waals surface area contributed by atoms with E-state index in [9.17, 15) is 5.11 Å². The number of ether oxygens (including phenoxy) is 2. The summed E-state index contributed by atoms with van der Waals surface area (Å²) in [5, 5.41) is 19.5. The minimum absolute atomic E-state index is 0.00622. The Morgan fingerprint density at radius 3 is 2.97 bits per heavy atom. The van der Waals surface area contributed by atoms with Gasteiger partial charge in [0.25, 0.3) is 0 Å². The smallest absolute Gasteiger partial charge is 0.225 e. The Labute approximate surface area is 175 Å². The molecule has 2 aliphatic rings. The standard InChI is InChI=1S/C17H19Cl2N7O3/c1-2-3-4-8-5-26(24-23-8)9-6-28-13-11(27)16(29-12(9)13)25-7-20-10-14(18)21-17(19)22-15(10)25/h5,7,9,11-13,16,27H,2-4,6H2,1H3/t9-,11+,12+,13+,16+/m0/s1. The summed E-state index contributed by atoms with van der Waals surface area (Å²) in [6, 6.07) is -0.181. The van der Waals surface area contributed by atoms with Crippen molar-refractivity contribution in [2.75, 3.05) is 6.61 Å². The van der Waals surface area contributed by atoms with Gasteiger partial charge in [0.1, 0.15) is 29.9 Å². The molecule has 154 valence electrons. The lowest BCUT2D eigenvalue weighted by molar-refractivity contribution is -0.0589. The van der Waals surface area contributed by atoms with Crippen LogP contribution in [0, 0.1) is 0 Å². The van der Waals surface area contributed by atoms with Crippen molar-refractivity contribution in [3.8, 4) is 0 Å². The van der Waals surface area contributed by atoms with Crippen LogP contribution in [-0.2, 0) is 15.9 Å². The minimum Gasteiger partial charge on any atom is -0.386 e. The molecule has 0 unspecified atom stereocenters. The highest BCUT2D eigenvalue weighted by molar-refractivity contribution is 6.35. The normalized spacial score (nSPS) is 29.0. The summed E-state index contributed by atoms with van der Waals surface area (Å²) in [4.78, 5) is 12.3. The highest BCUT2D eigenvalue weighted by Crippen LogP contribution is 2.42. The Balaban J connectivity index is 1.42. The number of nitrogens with zero attached hydrogens (tertiary/aromatic N) is 7. The molecule has 10 nitrogen and oxygen atoms in total. The van der Waals surface area contributed by atoms with E-state index < -0.39 is 18.4 Å². The van der Waals surface area contributed by atoms with Crippen LogP contribution in [0.4, 0.5) is 0 Å². The number of hydrogen-bond acceptors (Lipinski definition) is 8. The van der Waals surface area contributed by atoms with Crippen LogP contribution in [0.1, 0.15) is 37.7 Å². The van der Waals surface area contributed by atoms with Gasteiger partial charge < -0.3 is 14.6 Å². The molecule has 3 aromatic rings. The molecular formula is C17H19Cl2N7O3. The fourth-order valence-corrected chi connectivity index (χ4v) is 4.35. The topological polar surface area (TPSA) is 113 Å². The van der Waals surface area contributed by atoms with Crippen molar-refractivity contribution < 1.29 is 14.6 Å². The summed E-state index contributed by atoms with van der Waals surface area (Å²) in [7, 11) is 0. The van der Waals surface area contributed by atoms with Crippen LogP contribution >= 0.6 is 23.2 Å². The summed E-state index contributed by atoms with van der Waals surface area (Å²) in [6.07, 6.45) is 3.91. The van der Waals surface area contributed by atoms with E-state index in [1.807, 2.05) is 6.20 Å². The first kappa shape index (κ1) is 19.1. The average molecular weight is 440 g/mol. The fourth-order valence-electron chi connectivity index (χ4n) is 3.93. The van der Waals surface area contributed by atoms with Crippen LogP contribution in [0.25, 0.3) is 11.2 Å². The van der Waals surface area contributed by atoms with E-state index in [0.717, 1.165) is 25.0 Å². The van der Waals surface area contributed by atoms with E-state index in [-0.39, 0.29) is 22.6 Å². The second-order valence-electron chi connectivity index (χ2n) is 7.25. The van der Waals surface area contributed by atoms with Crippen LogP contribution in [0.15, 0.2) is 12.5 Å². The van der Waals surface area contributed by atoms with Gasteiger partial charge in [-0.1, -0.05) is 30.2 Å². The van der Waals surface area contributed by atoms with Gasteiger partial charge in [0, 0.05) is 6.20 Å². The maximum absolute atomic E-state index is 10.9. The first-order valence-electron chi connectivity index (χ1n) is 9.48. The summed E-state index contributed by atoms with van der Waals surface area (Å²) in [5.41, 5.74) is 1.71. The molecule has 5 heterocycles. The van der Waals surface area contributed by atoms with Gasteiger partial charge in [0.2, 0.25) is 5.28 Å². The highest BCUT2D eigenvalue weighted by atomic mass is 35.5. The number of imidazole rings is 1. The molecule has 0 aliphatic carbocycles. The van der Waals surface area contributed by atoms with E-state index in [4.69, 9.17) is 32.7 Å². The van der Waals surface area contributed by atoms with Crippen molar-refractivity contribution in [3.05, 3.63) is 28.7 Å². The van der Waals surface area contributed by atoms with Gasteiger partial charge in [0.15, 0.2) is 17.0 Å². The maximum Gasteiger partial charge on any atom is 0.225 e. The van der Waals surface area contributed by atoms with Gasteiger partial charge in [-0.15, -0.1) is 5.10 Å². The van der Waals surface area contributed by atoms with E-state index in [1.54, 1.807) is 9.25 Å². The van der Waals surface area contributed by atoms with Crippen molar-refractivity contribution in [2.24, 2.45) is 0 Å². The first-order valence-corrected chi connectivity index (χ1v) is 10.2. The van der Waals surface area contributed by atoms with Gasteiger partial charge in [-0.25, -0.2) is 14.6 Å². The Morgan fingerprint density at radius 2 is 2.14 bits per heavy atom. The molecule has 2 fully saturated rings. The van der Waals surface area contributed by atoms with Crippen molar-refractivity contribution >= 4 is 34.4 Å². The van der Waals surface area contributed by atoms with Crippen molar-refractivity contribution in [1.82, 2.24) is 34.5 Å². The second-order valence-corrected chi connectivity index (χ2v) is 7.94. The molecule has 0 saturated carbocycles. The zero-order chi connectivity index (χ0) is 20.1. The quantitative estimate of drug-likeness (QED) is 0.473. The van der Waals surface area contributed by atoms with Crippen molar-refractivity contribution in [1.29, 1.82) is 0 Å². The van der Waals surface area contributed by atoms with Gasteiger partial charge in [-0.2, -0.15) is 4.98 Å².